The maximum absolute atomic E-state index is 4.12. The van der Waals surface area contributed by atoms with Crippen LogP contribution in [0.3, 0.4) is 0 Å². The predicted octanol–water partition coefficient (Wildman–Crippen LogP) is 2.41. The second-order valence-electron chi connectivity index (χ2n) is 3.58. The Balaban J connectivity index is 1.90. The third-order valence-corrected chi connectivity index (χ3v) is 4.65. The molecule has 1 aromatic heterocycles. The van der Waals surface area contributed by atoms with Gasteiger partial charge in [-0.05, 0) is 12.8 Å². The van der Waals surface area contributed by atoms with Crippen molar-refractivity contribution in [3.8, 4) is 0 Å². The van der Waals surface area contributed by atoms with Crippen molar-refractivity contribution >= 4 is 28.2 Å². The van der Waals surface area contributed by atoms with Gasteiger partial charge in [0.05, 0.1) is 0 Å². The average Bonchev–Trinajstić information content (AvgIpc) is 2.76. The molecule has 0 radical (unpaired) electrons. The summed E-state index contributed by atoms with van der Waals surface area (Å²) in [5.74, 6) is 1.20. The molecule has 1 aliphatic rings. The van der Waals surface area contributed by atoms with Gasteiger partial charge < -0.3 is 5.32 Å². The van der Waals surface area contributed by atoms with E-state index >= 15 is 0 Å². The SMILES string of the molecule is CCc1nnc(NC2CSC(C)C2)s1. The monoisotopic (exact) mass is 229 g/mol. The molecular weight excluding hydrogens is 214 g/mol. The van der Waals surface area contributed by atoms with Crippen LogP contribution in [0.1, 0.15) is 25.3 Å². The number of hydrogen-bond donors (Lipinski definition) is 1. The van der Waals surface area contributed by atoms with Crippen molar-refractivity contribution in [2.24, 2.45) is 0 Å². The number of rotatable bonds is 3. The number of hydrogen-bond acceptors (Lipinski definition) is 5. The van der Waals surface area contributed by atoms with Crippen molar-refractivity contribution in [3.63, 3.8) is 0 Å². The predicted molar refractivity (Wildman–Crippen MR) is 63.2 cm³/mol. The molecule has 1 saturated heterocycles. The van der Waals surface area contributed by atoms with Crippen molar-refractivity contribution in [3.05, 3.63) is 5.01 Å². The van der Waals surface area contributed by atoms with Crippen molar-refractivity contribution in [1.82, 2.24) is 10.2 Å². The first-order valence-electron chi connectivity index (χ1n) is 4.98. The Morgan fingerprint density at radius 2 is 2.36 bits per heavy atom. The van der Waals surface area contributed by atoms with Crippen LogP contribution < -0.4 is 5.32 Å². The van der Waals surface area contributed by atoms with Crippen LogP contribution in [0.25, 0.3) is 0 Å². The zero-order valence-corrected chi connectivity index (χ0v) is 10.1. The Labute approximate surface area is 92.7 Å². The number of nitrogens with one attached hydrogen (secondary N) is 1. The Hall–Kier alpha value is -0.290. The van der Waals surface area contributed by atoms with Crippen LogP contribution >= 0.6 is 23.1 Å². The highest BCUT2D eigenvalue weighted by molar-refractivity contribution is 8.00. The van der Waals surface area contributed by atoms with Crippen LogP contribution in [-0.2, 0) is 6.42 Å². The lowest BCUT2D eigenvalue weighted by Crippen LogP contribution is -2.18. The summed E-state index contributed by atoms with van der Waals surface area (Å²) in [5.41, 5.74) is 0. The van der Waals surface area contributed by atoms with Crippen LogP contribution in [0.2, 0.25) is 0 Å². The smallest absolute Gasteiger partial charge is 0.205 e. The van der Waals surface area contributed by atoms with Gasteiger partial charge in [-0.25, -0.2) is 0 Å². The molecule has 5 heteroatoms. The molecule has 1 aliphatic heterocycles. The fraction of sp³-hybridized carbons (Fsp3) is 0.778. The molecule has 0 amide bonds. The summed E-state index contributed by atoms with van der Waals surface area (Å²) in [5, 5.41) is 14.6. The second kappa shape index (κ2) is 4.49. The summed E-state index contributed by atoms with van der Waals surface area (Å²) in [6.45, 7) is 4.39. The normalized spacial score (nSPS) is 26.7. The summed E-state index contributed by atoms with van der Waals surface area (Å²) in [7, 11) is 0. The fourth-order valence-electron chi connectivity index (χ4n) is 1.55. The van der Waals surface area contributed by atoms with E-state index in [0.29, 0.717) is 6.04 Å². The molecule has 2 rings (SSSR count). The van der Waals surface area contributed by atoms with Crippen LogP contribution in [0, 0.1) is 0 Å². The van der Waals surface area contributed by atoms with Gasteiger partial charge >= 0.3 is 0 Å². The molecule has 0 aromatic carbocycles. The van der Waals surface area contributed by atoms with Crippen LogP contribution in [0.15, 0.2) is 0 Å². The molecule has 0 bridgehead atoms. The standard InChI is InChI=1S/C9H15N3S2/c1-3-8-11-12-9(14-8)10-7-4-6(2)13-5-7/h6-7H,3-5H2,1-2H3,(H,10,12). The zero-order valence-electron chi connectivity index (χ0n) is 8.49. The lowest BCUT2D eigenvalue weighted by molar-refractivity contribution is 0.744. The maximum Gasteiger partial charge on any atom is 0.205 e. The highest BCUT2D eigenvalue weighted by Crippen LogP contribution is 2.29. The topological polar surface area (TPSA) is 37.8 Å². The number of aryl methyl sites for hydroxylation is 1. The lowest BCUT2D eigenvalue weighted by atomic mass is 10.2. The van der Waals surface area contributed by atoms with Crippen molar-refractivity contribution < 1.29 is 0 Å². The Morgan fingerprint density at radius 1 is 1.50 bits per heavy atom. The molecule has 0 spiro atoms. The number of thioether (sulfide) groups is 1. The summed E-state index contributed by atoms with van der Waals surface area (Å²) < 4.78 is 0. The number of anilines is 1. The molecule has 1 aromatic rings. The molecule has 0 aliphatic carbocycles. The first kappa shape index (κ1) is 10.2. The molecule has 0 saturated carbocycles. The first-order valence-corrected chi connectivity index (χ1v) is 6.85. The van der Waals surface area contributed by atoms with Gasteiger partial charge in [0.2, 0.25) is 5.13 Å². The molecular formula is C9H15N3S2. The zero-order chi connectivity index (χ0) is 9.97. The third kappa shape index (κ3) is 2.39. The molecule has 1 N–H and O–H groups in total. The van der Waals surface area contributed by atoms with Gasteiger partial charge in [0.25, 0.3) is 0 Å². The van der Waals surface area contributed by atoms with Gasteiger partial charge in [-0.1, -0.05) is 25.2 Å². The summed E-state index contributed by atoms with van der Waals surface area (Å²) in [4.78, 5) is 0. The van der Waals surface area contributed by atoms with E-state index in [2.05, 4.69) is 29.4 Å². The van der Waals surface area contributed by atoms with E-state index in [1.165, 1.54) is 12.2 Å². The van der Waals surface area contributed by atoms with Crippen molar-refractivity contribution in [1.29, 1.82) is 0 Å². The van der Waals surface area contributed by atoms with E-state index in [1.54, 1.807) is 11.3 Å². The average molecular weight is 229 g/mol. The van der Waals surface area contributed by atoms with Gasteiger partial charge in [0, 0.05) is 17.0 Å². The molecule has 3 nitrogen and oxygen atoms in total. The molecule has 14 heavy (non-hydrogen) atoms. The second-order valence-corrected chi connectivity index (χ2v) is 6.11. The van der Waals surface area contributed by atoms with Gasteiger partial charge in [0.1, 0.15) is 5.01 Å². The minimum Gasteiger partial charge on any atom is -0.356 e. The van der Waals surface area contributed by atoms with Crippen LogP contribution in [0.5, 0.6) is 0 Å². The van der Waals surface area contributed by atoms with Crippen molar-refractivity contribution in [2.45, 2.75) is 38.0 Å². The van der Waals surface area contributed by atoms with Crippen molar-refractivity contribution in [2.75, 3.05) is 11.1 Å². The molecule has 1 fully saturated rings. The minimum absolute atomic E-state index is 0.590. The highest BCUT2D eigenvalue weighted by atomic mass is 32.2. The molecule has 78 valence electrons. The van der Waals surface area contributed by atoms with Gasteiger partial charge in [0.15, 0.2) is 0 Å². The number of nitrogens with zero attached hydrogens (tertiary/aromatic N) is 2. The Morgan fingerprint density at radius 3 is 2.93 bits per heavy atom. The van der Waals surface area contributed by atoms with E-state index in [9.17, 15) is 0 Å². The Bertz CT molecular complexity index is 300. The fourth-order valence-corrected chi connectivity index (χ4v) is 3.45. The summed E-state index contributed by atoms with van der Waals surface area (Å²) in [6.07, 6.45) is 2.22. The van der Waals surface area contributed by atoms with Gasteiger partial charge in [-0.15, -0.1) is 10.2 Å². The van der Waals surface area contributed by atoms with E-state index in [1.807, 2.05) is 11.8 Å². The molecule has 2 unspecified atom stereocenters. The third-order valence-electron chi connectivity index (χ3n) is 2.30. The van der Waals surface area contributed by atoms with E-state index in [0.717, 1.165) is 21.8 Å². The largest absolute Gasteiger partial charge is 0.356 e. The van der Waals surface area contributed by atoms with Crippen LogP contribution in [0.4, 0.5) is 5.13 Å². The van der Waals surface area contributed by atoms with Gasteiger partial charge in [-0.2, -0.15) is 11.8 Å². The maximum atomic E-state index is 4.12. The van der Waals surface area contributed by atoms with E-state index < -0.39 is 0 Å². The molecule has 2 heterocycles. The minimum atomic E-state index is 0.590. The first-order chi connectivity index (χ1) is 6.78. The molecule has 2 atom stereocenters. The lowest BCUT2D eigenvalue weighted by Gasteiger charge is -2.08. The summed E-state index contributed by atoms with van der Waals surface area (Å²) >= 11 is 3.71. The summed E-state index contributed by atoms with van der Waals surface area (Å²) in [6, 6.07) is 0.590. The van der Waals surface area contributed by atoms with Crippen LogP contribution in [-0.4, -0.2) is 27.2 Å². The number of aromatic nitrogens is 2. The highest BCUT2D eigenvalue weighted by Gasteiger charge is 2.22. The van der Waals surface area contributed by atoms with E-state index in [4.69, 9.17) is 0 Å². The van der Waals surface area contributed by atoms with E-state index in [-0.39, 0.29) is 0 Å². The van der Waals surface area contributed by atoms with Gasteiger partial charge in [-0.3, -0.25) is 0 Å². The quantitative estimate of drug-likeness (QED) is 0.863. The Kier molecular flexibility index (Phi) is 3.28.